The van der Waals surface area contributed by atoms with Crippen LogP contribution < -0.4 is 9.80 Å². The van der Waals surface area contributed by atoms with Gasteiger partial charge in [-0.25, -0.2) is 0 Å². The monoisotopic (exact) mass is 378 g/mol. The Morgan fingerprint density at radius 2 is 1.50 bits per heavy atom. The van der Waals surface area contributed by atoms with Gasteiger partial charge in [0.1, 0.15) is 0 Å². The number of ketones is 1. The SMILES string of the molecule is CC(=O)c1ccc(N2CC[NH+](CCN3C(=O)c4ccccc4C3=O)CC2)cc1. The van der Waals surface area contributed by atoms with E-state index < -0.39 is 0 Å². The summed E-state index contributed by atoms with van der Waals surface area (Å²) < 4.78 is 0. The van der Waals surface area contributed by atoms with Gasteiger partial charge in [-0.1, -0.05) is 12.1 Å². The zero-order valence-electron chi connectivity index (χ0n) is 16.0. The van der Waals surface area contributed by atoms with E-state index in [9.17, 15) is 14.4 Å². The number of nitrogens with one attached hydrogen (secondary N) is 1. The number of fused-ring (bicyclic) bond motifs is 1. The van der Waals surface area contributed by atoms with Crippen molar-refractivity contribution in [2.24, 2.45) is 0 Å². The molecular formula is C22H24N3O3+. The minimum absolute atomic E-state index is 0.0778. The predicted molar refractivity (Wildman–Crippen MR) is 106 cm³/mol. The lowest BCUT2D eigenvalue weighted by molar-refractivity contribution is -0.899. The van der Waals surface area contributed by atoms with Gasteiger partial charge in [-0.05, 0) is 43.3 Å². The second-order valence-electron chi connectivity index (χ2n) is 7.40. The predicted octanol–water partition coefficient (Wildman–Crippen LogP) is 0.890. The van der Waals surface area contributed by atoms with E-state index in [1.807, 2.05) is 24.3 Å². The summed E-state index contributed by atoms with van der Waals surface area (Å²) in [5.41, 5.74) is 2.89. The minimum atomic E-state index is -0.177. The highest BCUT2D eigenvalue weighted by molar-refractivity contribution is 6.21. The standard InChI is InChI=1S/C22H23N3O3/c1-16(26)17-6-8-18(9-7-17)24-13-10-23(11-14-24)12-15-25-21(27)19-4-2-3-5-20(19)22(25)28/h2-9H,10-15H2,1H3/p+1. The smallest absolute Gasteiger partial charge is 0.261 e. The van der Waals surface area contributed by atoms with Crippen LogP contribution in [0.3, 0.4) is 0 Å². The zero-order chi connectivity index (χ0) is 19.7. The van der Waals surface area contributed by atoms with E-state index in [0.717, 1.165) is 44.0 Å². The minimum Gasteiger partial charge on any atom is -0.360 e. The van der Waals surface area contributed by atoms with Crippen LogP contribution in [-0.4, -0.2) is 61.8 Å². The Hall–Kier alpha value is -2.99. The van der Waals surface area contributed by atoms with Crippen LogP contribution in [0, 0.1) is 0 Å². The molecule has 28 heavy (non-hydrogen) atoms. The third-order valence-electron chi connectivity index (χ3n) is 5.68. The molecule has 144 valence electrons. The number of benzene rings is 2. The molecule has 0 radical (unpaired) electrons. The van der Waals surface area contributed by atoms with Gasteiger partial charge in [0.05, 0.1) is 50.4 Å². The molecule has 2 aliphatic heterocycles. The van der Waals surface area contributed by atoms with Gasteiger partial charge < -0.3 is 9.80 Å². The van der Waals surface area contributed by atoms with Crippen LogP contribution in [0.5, 0.6) is 0 Å². The summed E-state index contributed by atoms with van der Waals surface area (Å²) in [5.74, 6) is -0.276. The molecule has 0 aromatic heterocycles. The molecule has 2 aliphatic rings. The first-order chi connectivity index (χ1) is 13.5. The molecule has 1 saturated heterocycles. The normalized spacial score (nSPS) is 17.2. The quantitative estimate of drug-likeness (QED) is 0.620. The van der Waals surface area contributed by atoms with Crippen molar-refractivity contribution >= 4 is 23.3 Å². The van der Waals surface area contributed by atoms with E-state index in [2.05, 4.69) is 4.90 Å². The Balaban J connectivity index is 1.30. The first-order valence-corrected chi connectivity index (χ1v) is 9.69. The second-order valence-corrected chi connectivity index (χ2v) is 7.40. The Morgan fingerprint density at radius 1 is 0.929 bits per heavy atom. The van der Waals surface area contributed by atoms with E-state index in [4.69, 9.17) is 0 Å². The Kier molecular flexibility index (Phi) is 4.96. The molecule has 2 aromatic rings. The highest BCUT2D eigenvalue weighted by atomic mass is 16.2. The molecular weight excluding hydrogens is 354 g/mol. The Bertz CT molecular complexity index is 880. The summed E-state index contributed by atoms with van der Waals surface area (Å²) >= 11 is 0. The lowest BCUT2D eigenvalue weighted by atomic mass is 10.1. The van der Waals surface area contributed by atoms with Crippen molar-refractivity contribution in [2.45, 2.75) is 6.92 Å². The lowest BCUT2D eigenvalue weighted by Gasteiger charge is -2.34. The number of carbonyl (C=O) groups is 3. The van der Waals surface area contributed by atoms with Crippen molar-refractivity contribution in [3.63, 3.8) is 0 Å². The molecule has 1 fully saturated rings. The zero-order valence-corrected chi connectivity index (χ0v) is 16.0. The van der Waals surface area contributed by atoms with Crippen LogP contribution in [-0.2, 0) is 0 Å². The molecule has 6 heteroatoms. The molecule has 2 aromatic carbocycles. The van der Waals surface area contributed by atoms with Crippen LogP contribution in [0.1, 0.15) is 38.0 Å². The summed E-state index contributed by atoms with van der Waals surface area (Å²) in [5, 5.41) is 0. The fraction of sp³-hybridized carbons (Fsp3) is 0.318. The van der Waals surface area contributed by atoms with Crippen molar-refractivity contribution in [2.75, 3.05) is 44.2 Å². The Labute approximate surface area is 164 Å². The topological polar surface area (TPSA) is 62.1 Å². The molecule has 6 nitrogen and oxygen atoms in total. The average molecular weight is 378 g/mol. The molecule has 0 unspecified atom stereocenters. The maximum Gasteiger partial charge on any atom is 0.261 e. The Morgan fingerprint density at radius 3 is 2.04 bits per heavy atom. The number of nitrogens with zero attached hydrogens (tertiary/aromatic N) is 2. The molecule has 0 spiro atoms. The molecule has 0 aliphatic carbocycles. The first-order valence-electron chi connectivity index (χ1n) is 9.69. The van der Waals surface area contributed by atoms with Crippen molar-refractivity contribution < 1.29 is 19.3 Å². The van der Waals surface area contributed by atoms with Crippen molar-refractivity contribution in [1.29, 1.82) is 0 Å². The van der Waals surface area contributed by atoms with Gasteiger partial charge in [0, 0.05) is 11.3 Å². The van der Waals surface area contributed by atoms with Gasteiger partial charge >= 0.3 is 0 Å². The third kappa shape index (κ3) is 3.43. The number of anilines is 1. The number of quaternary nitrogens is 1. The van der Waals surface area contributed by atoms with Gasteiger partial charge in [-0.2, -0.15) is 0 Å². The van der Waals surface area contributed by atoms with Crippen LogP contribution in [0.2, 0.25) is 0 Å². The van der Waals surface area contributed by atoms with E-state index in [1.54, 1.807) is 31.2 Å². The highest BCUT2D eigenvalue weighted by Crippen LogP contribution is 2.21. The maximum atomic E-state index is 12.5. The first kappa shape index (κ1) is 18.4. The number of imide groups is 1. The molecule has 0 bridgehead atoms. The number of rotatable bonds is 5. The number of hydrogen-bond donors (Lipinski definition) is 1. The third-order valence-corrected chi connectivity index (χ3v) is 5.68. The molecule has 0 saturated carbocycles. The summed E-state index contributed by atoms with van der Waals surface area (Å²) in [6.45, 7) is 6.53. The average Bonchev–Trinajstić information content (AvgIpc) is 2.97. The molecule has 2 amide bonds. The van der Waals surface area contributed by atoms with Crippen LogP contribution in [0.15, 0.2) is 48.5 Å². The van der Waals surface area contributed by atoms with Gasteiger partial charge in [0.15, 0.2) is 5.78 Å². The van der Waals surface area contributed by atoms with E-state index >= 15 is 0 Å². The lowest BCUT2D eigenvalue weighted by Crippen LogP contribution is -3.15. The van der Waals surface area contributed by atoms with Crippen LogP contribution in [0.25, 0.3) is 0 Å². The van der Waals surface area contributed by atoms with Crippen LogP contribution in [0.4, 0.5) is 5.69 Å². The van der Waals surface area contributed by atoms with Crippen molar-refractivity contribution in [3.8, 4) is 0 Å². The number of hydrogen-bond acceptors (Lipinski definition) is 4. The van der Waals surface area contributed by atoms with Crippen molar-refractivity contribution in [3.05, 3.63) is 65.2 Å². The highest BCUT2D eigenvalue weighted by Gasteiger charge is 2.35. The van der Waals surface area contributed by atoms with E-state index in [1.165, 1.54) is 9.80 Å². The van der Waals surface area contributed by atoms with Gasteiger partial charge in [0.2, 0.25) is 0 Å². The fourth-order valence-electron chi connectivity index (χ4n) is 3.95. The maximum absolute atomic E-state index is 12.5. The number of piperazine rings is 1. The fourth-order valence-corrected chi connectivity index (χ4v) is 3.95. The summed E-state index contributed by atoms with van der Waals surface area (Å²) in [4.78, 5) is 41.4. The molecule has 4 rings (SSSR count). The second kappa shape index (κ2) is 7.56. The van der Waals surface area contributed by atoms with Crippen LogP contribution >= 0.6 is 0 Å². The molecule has 1 N–H and O–H groups in total. The van der Waals surface area contributed by atoms with Crippen molar-refractivity contribution in [1.82, 2.24) is 4.90 Å². The van der Waals surface area contributed by atoms with Gasteiger partial charge in [-0.15, -0.1) is 0 Å². The summed E-state index contributed by atoms with van der Waals surface area (Å²) in [7, 11) is 0. The van der Waals surface area contributed by atoms with E-state index in [0.29, 0.717) is 17.7 Å². The van der Waals surface area contributed by atoms with Gasteiger partial charge in [-0.3, -0.25) is 19.3 Å². The van der Waals surface area contributed by atoms with E-state index in [-0.39, 0.29) is 17.6 Å². The van der Waals surface area contributed by atoms with Gasteiger partial charge in [0.25, 0.3) is 11.8 Å². The summed E-state index contributed by atoms with van der Waals surface area (Å²) in [6, 6.07) is 14.8. The molecule has 2 heterocycles. The largest absolute Gasteiger partial charge is 0.360 e. The number of amides is 2. The molecule has 0 atom stereocenters. The summed E-state index contributed by atoms with van der Waals surface area (Å²) in [6.07, 6.45) is 0. The number of carbonyl (C=O) groups excluding carboxylic acids is 3. The number of Topliss-reactive ketones (excluding diaryl/α,β-unsaturated/α-hetero) is 1.